The van der Waals surface area contributed by atoms with Gasteiger partial charge in [0.2, 0.25) is 0 Å². The zero-order chi connectivity index (χ0) is 22.1. The van der Waals surface area contributed by atoms with E-state index in [0.717, 1.165) is 25.9 Å². The zero-order valence-electron chi connectivity index (χ0n) is 16.1. The molecule has 166 valence electrons. The summed E-state index contributed by atoms with van der Waals surface area (Å²) in [5, 5.41) is 0. The van der Waals surface area contributed by atoms with Crippen molar-refractivity contribution in [1.82, 2.24) is 4.90 Å². The number of thioether (sulfide) groups is 1. The Morgan fingerprint density at radius 3 is 2.37 bits per heavy atom. The molecule has 0 N–H and O–H groups in total. The molecule has 0 bridgehead atoms. The van der Waals surface area contributed by atoms with Gasteiger partial charge in [0.05, 0.1) is 35.1 Å². The molecule has 0 aromatic heterocycles. The van der Waals surface area contributed by atoms with Gasteiger partial charge in [-0.15, -0.1) is 11.8 Å². The zero-order valence-corrected chi connectivity index (χ0v) is 16.9. The van der Waals surface area contributed by atoms with Crippen LogP contribution in [0, 0.1) is 0 Å². The van der Waals surface area contributed by atoms with Crippen molar-refractivity contribution in [1.29, 1.82) is 0 Å². The molecule has 30 heavy (non-hydrogen) atoms. The van der Waals surface area contributed by atoms with Crippen LogP contribution in [0.2, 0.25) is 0 Å². The Morgan fingerprint density at radius 1 is 1.13 bits per heavy atom. The average Bonchev–Trinajstić information content (AvgIpc) is 3.20. The number of nitrogens with zero attached hydrogens (tertiary/aromatic N) is 2. The molecule has 1 atom stereocenters. The minimum absolute atomic E-state index is 0.00347. The number of halogens is 6. The number of rotatable bonds is 3. The van der Waals surface area contributed by atoms with Crippen molar-refractivity contribution in [2.75, 3.05) is 32.6 Å². The van der Waals surface area contributed by atoms with Gasteiger partial charge in [-0.3, -0.25) is 9.69 Å². The summed E-state index contributed by atoms with van der Waals surface area (Å²) in [5.41, 5.74) is -3.64. The largest absolute Gasteiger partial charge is 0.417 e. The normalized spacial score (nSPS) is 22.6. The number of carbonyl (C=O) groups is 1. The van der Waals surface area contributed by atoms with Crippen LogP contribution in [0.25, 0.3) is 0 Å². The quantitative estimate of drug-likeness (QED) is 0.481. The molecular weight excluding hydrogens is 434 g/mol. The Morgan fingerprint density at radius 2 is 1.80 bits per heavy atom. The average molecular weight is 454 g/mol. The van der Waals surface area contributed by atoms with Gasteiger partial charge in [-0.25, -0.2) is 4.99 Å². The standard InChI is InChI=1S/C19H20F6N2O2S/c1-30-15-9-11(18(20,21)22)8-12(19(23,24)25)16(15)17(28)26-13-10-29-7-4-14(13)27-5-2-3-6-27/h8-9,14H,2-7,10H2,1H3/t14-/m1/s1. The van der Waals surface area contributed by atoms with Crippen LogP contribution in [0.3, 0.4) is 0 Å². The summed E-state index contributed by atoms with van der Waals surface area (Å²) >= 11 is 0.641. The molecular formula is C19H20F6N2O2S. The van der Waals surface area contributed by atoms with Crippen LogP contribution in [0.4, 0.5) is 26.3 Å². The van der Waals surface area contributed by atoms with Gasteiger partial charge in [0.1, 0.15) is 0 Å². The lowest BCUT2D eigenvalue weighted by atomic mass is 10.0. The van der Waals surface area contributed by atoms with E-state index >= 15 is 0 Å². The van der Waals surface area contributed by atoms with E-state index in [4.69, 9.17) is 4.74 Å². The lowest BCUT2D eigenvalue weighted by molar-refractivity contribution is -0.143. The van der Waals surface area contributed by atoms with Crippen LogP contribution in [-0.4, -0.2) is 55.1 Å². The van der Waals surface area contributed by atoms with E-state index in [1.165, 1.54) is 6.26 Å². The molecule has 2 fully saturated rings. The SMILES string of the molecule is CSc1cc(C(F)(F)F)cc(C(F)(F)F)c1C(=O)N=C1COCC[C@H]1N1CCCC1. The summed E-state index contributed by atoms with van der Waals surface area (Å²) in [6, 6.07) is 0.317. The number of amides is 1. The molecule has 1 amide bonds. The minimum Gasteiger partial charge on any atom is -0.375 e. The first-order valence-corrected chi connectivity index (χ1v) is 10.5. The second kappa shape index (κ2) is 8.88. The maximum Gasteiger partial charge on any atom is 0.417 e. The van der Waals surface area contributed by atoms with Crippen molar-refractivity contribution in [3.8, 4) is 0 Å². The molecule has 0 aliphatic carbocycles. The lowest BCUT2D eigenvalue weighted by Crippen LogP contribution is -2.45. The highest BCUT2D eigenvalue weighted by Crippen LogP contribution is 2.41. The van der Waals surface area contributed by atoms with Crippen molar-refractivity contribution in [3.05, 3.63) is 28.8 Å². The number of benzene rings is 1. The Bertz CT molecular complexity index is 832. The number of alkyl halides is 6. The van der Waals surface area contributed by atoms with Gasteiger partial charge in [0, 0.05) is 11.5 Å². The van der Waals surface area contributed by atoms with Gasteiger partial charge in [0.15, 0.2) is 0 Å². The highest BCUT2D eigenvalue weighted by Gasteiger charge is 2.41. The molecule has 2 saturated heterocycles. The fourth-order valence-electron chi connectivity index (χ4n) is 3.76. The van der Waals surface area contributed by atoms with E-state index in [0.29, 0.717) is 36.6 Å². The summed E-state index contributed by atoms with van der Waals surface area (Å²) in [6.45, 7) is 2.03. The van der Waals surface area contributed by atoms with E-state index in [1.54, 1.807) is 0 Å². The predicted molar refractivity (Wildman–Crippen MR) is 100 cm³/mol. The van der Waals surface area contributed by atoms with E-state index < -0.39 is 39.8 Å². The van der Waals surface area contributed by atoms with Crippen molar-refractivity contribution >= 4 is 23.4 Å². The highest BCUT2D eigenvalue weighted by molar-refractivity contribution is 7.98. The summed E-state index contributed by atoms with van der Waals surface area (Å²) in [5.74, 6) is -1.20. The molecule has 2 aliphatic heterocycles. The molecule has 4 nitrogen and oxygen atoms in total. The Hall–Kier alpha value is -1.59. The maximum absolute atomic E-state index is 13.6. The van der Waals surface area contributed by atoms with Crippen molar-refractivity contribution in [2.45, 2.75) is 42.6 Å². The van der Waals surface area contributed by atoms with Gasteiger partial charge in [-0.05, 0) is 50.7 Å². The van der Waals surface area contributed by atoms with Gasteiger partial charge in [0.25, 0.3) is 5.91 Å². The molecule has 1 aromatic rings. The van der Waals surface area contributed by atoms with Crippen LogP contribution in [-0.2, 0) is 17.1 Å². The third-order valence-electron chi connectivity index (χ3n) is 5.17. The first kappa shape index (κ1) is 23.1. The van der Waals surface area contributed by atoms with Crippen LogP contribution in [0.1, 0.15) is 40.7 Å². The molecule has 3 rings (SSSR count). The van der Waals surface area contributed by atoms with Gasteiger partial charge < -0.3 is 4.74 Å². The van der Waals surface area contributed by atoms with Crippen LogP contribution in [0.5, 0.6) is 0 Å². The Kier molecular flexibility index (Phi) is 6.83. The number of hydrogen-bond donors (Lipinski definition) is 0. The summed E-state index contributed by atoms with van der Waals surface area (Å²) < 4.78 is 85.4. The Balaban J connectivity index is 2.06. The second-order valence-electron chi connectivity index (χ2n) is 7.11. The molecule has 1 aromatic carbocycles. The Labute approximate surface area is 173 Å². The number of hydrogen-bond acceptors (Lipinski definition) is 4. The van der Waals surface area contributed by atoms with E-state index in [-0.39, 0.29) is 18.7 Å². The number of carbonyl (C=O) groups excluding carboxylic acids is 1. The van der Waals surface area contributed by atoms with Crippen LogP contribution < -0.4 is 0 Å². The van der Waals surface area contributed by atoms with Crippen molar-refractivity contribution < 1.29 is 35.9 Å². The van der Waals surface area contributed by atoms with Crippen molar-refractivity contribution in [2.24, 2.45) is 4.99 Å². The topological polar surface area (TPSA) is 41.9 Å². The van der Waals surface area contributed by atoms with Gasteiger partial charge >= 0.3 is 12.4 Å². The summed E-state index contributed by atoms with van der Waals surface area (Å²) in [4.78, 5) is 18.4. The molecule has 2 heterocycles. The number of likely N-dealkylation sites (tertiary alicyclic amines) is 1. The fourth-order valence-corrected chi connectivity index (χ4v) is 4.40. The minimum atomic E-state index is -5.14. The third-order valence-corrected chi connectivity index (χ3v) is 5.93. The van der Waals surface area contributed by atoms with E-state index in [1.807, 2.05) is 0 Å². The first-order valence-electron chi connectivity index (χ1n) is 9.32. The van der Waals surface area contributed by atoms with Gasteiger partial charge in [-0.2, -0.15) is 26.3 Å². The molecule has 0 radical (unpaired) electrons. The van der Waals surface area contributed by atoms with E-state index in [2.05, 4.69) is 9.89 Å². The smallest absolute Gasteiger partial charge is 0.375 e. The lowest BCUT2D eigenvalue weighted by Gasteiger charge is -2.32. The van der Waals surface area contributed by atoms with E-state index in [9.17, 15) is 31.1 Å². The third kappa shape index (κ3) is 5.00. The molecule has 0 unspecified atom stereocenters. The van der Waals surface area contributed by atoms with Crippen LogP contribution in [0.15, 0.2) is 22.0 Å². The highest BCUT2D eigenvalue weighted by atomic mass is 32.2. The fraction of sp³-hybridized carbons (Fsp3) is 0.579. The second-order valence-corrected chi connectivity index (χ2v) is 7.95. The molecule has 0 saturated carbocycles. The predicted octanol–water partition coefficient (Wildman–Crippen LogP) is 4.91. The first-order chi connectivity index (χ1) is 14.0. The molecule has 0 spiro atoms. The number of ether oxygens (including phenoxy) is 1. The maximum atomic E-state index is 13.6. The summed E-state index contributed by atoms with van der Waals surface area (Å²) in [7, 11) is 0. The van der Waals surface area contributed by atoms with Crippen LogP contribution >= 0.6 is 11.8 Å². The summed E-state index contributed by atoms with van der Waals surface area (Å²) in [6.07, 6.45) is -6.29. The van der Waals surface area contributed by atoms with Crippen molar-refractivity contribution in [3.63, 3.8) is 0 Å². The molecule has 11 heteroatoms. The number of aliphatic imine (C=N–C) groups is 1. The van der Waals surface area contributed by atoms with Gasteiger partial charge in [-0.1, -0.05) is 0 Å². The molecule has 2 aliphatic rings. The monoisotopic (exact) mass is 454 g/mol.